The van der Waals surface area contributed by atoms with E-state index >= 15 is 0 Å². The normalized spacial score (nSPS) is 18.1. The second-order valence-corrected chi connectivity index (χ2v) is 8.25. The molecule has 0 bridgehead atoms. The summed E-state index contributed by atoms with van der Waals surface area (Å²) in [4.78, 5) is 17.1. The molecule has 0 aromatic heterocycles. The lowest BCUT2D eigenvalue weighted by atomic mass is 10.0. The SMILES string of the molecule is O=C(Nc1ccc(F)c(C(F)(F)F)c1)N(C1CC1)C1CCN(Cc2ccccc2)CC1. The first kappa shape index (κ1) is 21.6. The molecule has 2 aromatic carbocycles. The van der Waals surface area contributed by atoms with Gasteiger partial charge in [0.15, 0.2) is 0 Å². The van der Waals surface area contributed by atoms with Crippen LogP contribution in [0.3, 0.4) is 0 Å². The van der Waals surface area contributed by atoms with E-state index in [0.29, 0.717) is 6.07 Å². The maximum Gasteiger partial charge on any atom is 0.419 e. The number of amides is 2. The highest BCUT2D eigenvalue weighted by molar-refractivity contribution is 5.90. The van der Waals surface area contributed by atoms with Gasteiger partial charge in [0.2, 0.25) is 0 Å². The quantitative estimate of drug-likeness (QED) is 0.629. The first-order valence-electron chi connectivity index (χ1n) is 10.5. The van der Waals surface area contributed by atoms with Crippen molar-refractivity contribution < 1.29 is 22.4 Å². The number of rotatable bonds is 5. The Morgan fingerprint density at radius 3 is 2.26 bits per heavy atom. The minimum Gasteiger partial charge on any atom is -0.318 e. The summed E-state index contributed by atoms with van der Waals surface area (Å²) in [5, 5.41) is 2.56. The summed E-state index contributed by atoms with van der Waals surface area (Å²) in [5.41, 5.74) is -0.182. The number of carbonyl (C=O) groups excluding carboxylic acids is 1. The molecule has 1 saturated heterocycles. The molecule has 31 heavy (non-hydrogen) atoms. The molecule has 4 rings (SSSR count). The molecular weight excluding hydrogens is 410 g/mol. The fraction of sp³-hybridized carbons (Fsp3) is 0.435. The highest BCUT2D eigenvalue weighted by Gasteiger charge is 2.39. The van der Waals surface area contributed by atoms with Crippen molar-refractivity contribution in [3.8, 4) is 0 Å². The molecule has 1 heterocycles. The van der Waals surface area contributed by atoms with Crippen molar-refractivity contribution in [2.24, 2.45) is 0 Å². The Kier molecular flexibility index (Phi) is 6.18. The third-order valence-electron chi connectivity index (χ3n) is 5.90. The summed E-state index contributed by atoms with van der Waals surface area (Å²) in [6.45, 7) is 2.56. The molecule has 0 unspecified atom stereocenters. The minimum atomic E-state index is -4.81. The molecule has 2 amide bonds. The van der Waals surface area contributed by atoms with Crippen LogP contribution in [0.15, 0.2) is 48.5 Å². The van der Waals surface area contributed by atoms with Crippen LogP contribution in [0.1, 0.15) is 36.8 Å². The van der Waals surface area contributed by atoms with Crippen LogP contribution in [0.4, 0.5) is 28.0 Å². The maximum atomic E-state index is 13.5. The average Bonchev–Trinajstić information content (AvgIpc) is 3.56. The first-order valence-corrected chi connectivity index (χ1v) is 10.5. The lowest BCUT2D eigenvalue weighted by Gasteiger charge is -2.38. The molecular formula is C23H25F4N3O. The molecule has 1 aliphatic heterocycles. The summed E-state index contributed by atoms with van der Waals surface area (Å²) in [6, 6.07) is 12.5. The van der Waals surface area contributed by atoms with Crippen molar-refractivity contribution in [3.05, 3.63) is 65.5 Å². The monoisotopic (exact) mass is 435 g/mol. The first-order chi connectivity index (χ1) is 14.8. The number of carbonyl (C=O) groups is 1. The van der Waals surface area contributed by atoms with E-state index < -0.39 is 23.6 Å². The number of likely N-dealkylation sites (tertiary alicyclic amines) is 1. The van der Waals surface area contributed by atoms with Gasteiger partial charge in [-0.2, -0.15) is 13.2 Å². The fourth-order valence-electron chi connectivity index (χ4n) is 4.19. The molecule has 4 nitrogen and oxygen atoms in total. The Bertz CT molecular complexity index is 907. The summed E-state index contributed by atoms with van der Waals surface area (Å²) in [5.74, 6) is -1.35. The van der Waals surface area contributed by atoms with Crippen molar-refractivity contribution in [2.75, 3.05) is 18.4 Å². The minimum absolute atomic E-state index is 0.0436. The van der Waals surface area contributed by atoms with E-state index in [1.807, 2.05) is 18.2 Å². The van der Waals surface area contributed by atoms with Crippen LogP contribution >= 0.6 is 0 Å². The Balaban J connectivity index is 1.39. The number of nitrogens with zero attached hydrogens (tertiary/aromatic N) is 2. The third kappa shape index (κ3) is 5.36. The standard InChI is InChI=1S/C23H25F4N3O/c24-21-9-6-17(14-20(21)23(25,26)27)28-22(31)30(18-7-8-18)19-10-12-29(13-11-19)15-16-4-2-1-3-5-16/h1-6,9,14,18-19H,7-8,10-13,15H2,(H,28,31). The van der Waals surface area contributed by atoms with E-state index in [2.05, 4.69) is 22.3 Å². The number of anilines is 1. The van der Waals surface area contributed by atoms with Gasteiger partial charge in [-0.25, -0.2) is 9.18 Å². The molecule has 2 aliphatic rings. The van der Waals surface area contributed by atoms with Gasteiger partial charge >= 0.3 is 12.2 Å². The summed E-state index contributed by atoms with van der Waals surface area (Å²) in [6.07, 6.45) is -1.39. The van der Waals surface area contributed by atoms with Crippen LogP contribution in [0.2, 0.25) is 0 Å². The lowest BCUT2D eigenvalue weighted by molar-refractivity contribution is -0.139. The second kappa shape index (κ2) is 8.86. The predicted molar refractivity (Wildman–Crippen MR) is 110 cm³/mol. The van der Waals surface area contributed by atoms with Gasteiger partial charge in [0.25, 0.3) is 0 Å². The molecule has 0 atom stereocenters. The number of piperidine rings is 1. The average molecular weight is 435 g/mol. The lowest BCUT2D eigenvalue weighted by Crippen LogP contribution is -2.49. The van der Waals surface area contributed by atoms with E-state index in [9.17, 15) is 22.4 Å². The Morgan fingerprint density at radius 2 is 1.65 bits per heavy atom. The number of hydrogen-bond acceptors (Lipinski definition) is 2. The largest absolute Gasteiger partial charge is 0.419 e. The number of benzene rings is 2. The molecule has 8 heteroatoms. The molecule has 1 saturated carbocycles. The van der Waals surface area contributed by atoms with Crippen molar-refractivity contribution in [3.63, 3.8) is 0 Å². The fourth-order valence-corrected chi connectivity index (χ4v) is 4.19. The highest BCUT2D eigenvalue weighted by atomic mass is 19.4. The van der Waals surface area contributed by atoms with Crippen molar-refractivity contribution in [1.82, 2.24) is 9.80 Å². The zero-order valence-corrected chi connectivity index (χ0v) is 17.0. The van der Waals surface area contributed by atoms with Crippen LogP contribution < -0.4 is 5.32 Å². The van der Waals surface area contributed by atoms with Gasteiger partial charge in [0.1, 0.15) is 5.82 Å². The van der Waals surface area contributed by atoms with Gasteiger partial charge in [-0.15, -0.1) is 0 Å². The number of alkyl halides is 3. The summed E-state index contributed by atoms with van der Waals surface area (Å²) in [7, 11) is 0. The van der Waals surface area contributed by atoms with Crippen LogP contribution in [-0.4, -0.2) is 41.0 Å². The zero-order valence-electron chi connectivity index (χ0n) is 17.0. The van der Waals surface area contributed by atoms with Gasteiger partial charge in [0, 0.05) is 37.4 Å². The number of hydrogen-bond donors (Lipinski definition) is 1. The van der Waals surface area contributed by atoms with Crippen LogP contribution in [0.5, 0.6) is 0 Å². The van der Waals surface area contributed by atoms with E-state index in [1.54, 1.807) is 4.90 Å². The zero-order chi connectivity index (χ0) is 22.0. The molecule has 1 N–H and O–H groups in total. The molecule has 2 aromatic rings. The maximum absolute atomic E-state index is 13.5. The van der Waals surface area contributed by atoms with Gasteiger partial charge < -0.3 is 10.2 Å². The van der Waals surface area contributed by atoms with Crippen molar-refractivity contribution in [1.29, 1.82) is 0 Å². The van der Waals surface area contributed by atoms with E-state index in [-0.39, 0.29) is 17.8 Å². The third-order valence-corrected chi connectivity index (χ3v) is 5.90. The van der Waals surface area contributed by atoms with E-state index in [4.69, 9.17) is 0 Å². The summed E-state index contributed by atoms with van der Waals surface area (Å²) < 4.78 is 52.5. The Hall–Kier alpha value is -2.61. The number of urea groups is 1. The number of nitrogens with one attached hydrogen (secondary N) is 1. The highest BCUT2D eigenvalue weighted by Crippen LogP contribution is 2.35. The predicted octanol–water partition coefficient (Wildman–Crippen LogP) is 5.51. The van der Waals surface area contributed by atoms with Gasteiger partial charge in [-0.05, 0) is 49.4 Å². The van der Waals surface area contributed by atoms with Crippen molar-refractivity contribution in [2.45, 2.75) is 50.5 Å². The number of halogens is 4. The Labute approximate surface area is 178 Å². The van der Waals surface area contributed by atoms with Gasteiger partial charge in [-0.1, -0.05) is 30.3 Å². The molecule has 0 radical (unpaired) electrons. The molecule has 0 spiro atoms. The molecule has 166 valence electrons. The van der Waals surface area contributed by atoms with Crippen LogP contribution in [0, 0.1) is 5.82 Å². The Morgan fingerprint density at radius 1 is 1.00 bits per heavy atom. The molecule has 2 fully saturated rings. The van der Waals surface area contributed by atoms with Gasteiger partial charge in [-0.3, -0.25) is 4.90 Å². The second-order valence-electron chi connectivity index (χ2n) is 8.25. The van der Waals surface area contributed by atoms with Gasteiger partial charge in [0.05, 0.1) is 5.56 Å². The summed E-state index contributed by atoms with van der Waals surface area (Å²) >= 11 is 0. The van der Waals surface area contributed by atoms with E-state index in [0.717, 1.165) is 57.5 Å². The van der Waals surface area contributed by atoms with Crippen molar-refractivity contribution >= 4 is 11.7 Å². The molecule has 1 aliphatic carbocycles. The smallest absolute Gasteiger partial charge is 0.318 e. The topological polar surface area (TPSA) is 35.6 Å². The van der Waals surface area contributed by atoms with E-state index in [1.165, 1.54) is 5.56 Å². The van der Waals surface area contributed by atoms with Crippen LogP contribution in [-0.2, 0) is 12.7 Å². The van der Waals surface area contributed by atoms with Crippen LogP contribution in [0.25, 0.3) is 0 Å².